The molecule has 5 heteroatoms. The number of hydrogen-bond donors (Lipinski definition) is 3. The number of nitrogens with one attached hydrogen (secondary N) is 3. The molecule has 1 unspecified atom stereocenters. The van der Waals surface area contributed by atoms with Crippen molar-refractivity contribution in [2.75, 3.05) is 26.7 Å². The van der Waals surface area contributed by atoms with E-state index in [0.717, 1.165) is 19.5 Å². The molecular formula is C8H15N3O2. The normalized spacial score (nSPS) is 21.2. The summed E-state index contributed by atoms with van der Waals surface area (Å²) in [7, 11) is 1.55. The largest absolute Gasteiger partial charge is 0.358 e. The summed E-state index contributed by atoms with van der Waals surface area (Å²) in [5.41, 5.74) is 0. The Balaban J connectivity index is 2.20. The molecule has 13 heavy (non-hydrogen) atoms. The van der Waals surface area contributed by atoms with Gasteiger partial charge >= 0.3 is 0 Å². The minimum absolute atomic E-state index is 0.0321. The predicted molar refractivity (Wildman–Crippen MR) is 48.1 cm³/mol. The first-order valence-electron chi connectivity index (χ1n) is 4.43. The van der Waals surface area contributed by atoms with Crippen LogP contribution in [0.4, 0.5) is 0 Å². The van der Waals surface area contributed by atoms with Crippen LogP contribution >= 0.6 is 0 Å². The van der Waals surface area contributed by atoms with Gasteiger partial charge in [0.25, 0.3) is 0 Å². The van der Waals surface area contributed by atoms with E-state index in [4.69, 9.17) is 0 Å². The second kappa shape index (κ2) is 4.81. The Morgan fingerprint density at radius 3 is 2.85 bits per heavy atom. The Bertz CT molecular complexity index is 200. The van der Waals surface area contributed by atoms with E-state index in [1.165, 1.54) is 0 Å². The molecule has 1 rings (SSSR count). The van der Waals surface area contributed by atoms with Crippen molar-refractivity contribution in [1.82, 2.24) is 16.0 Å². The lowest BCUT2D eigenvalue weighted by Gasteiger charge is -2.08. The molecule has 0 saturated carbocycles. The van der Waals surface area contributed by atoms with Gasteiger partial charge < -0.3 is 16.0 Å². The van der Waals surface area contributed by atoms with E-state index in [0.29, 0.717) is 0 Å². The van der Waals surface area contributed by atoms with E-state index >= 15 is 0 Å². The lowest BCUT2D eigenvalue weighted by atomic mass is 10.1. The highest BCUT2D eigenvalue weighted by molar-refractivity contribution is 5.85. The zero-order valence-corrected chi connectivity index (χ0v) is 7.72. The Hall–Kier alpha value is -1.10. The van der Waals surface area contributed by atoms with Crippen molar-refractivity contribution in [2.24, 2.45) is 5.92 Å². The maximum atomic E-state index is 11.3. The van der Waals surface area contributed by atoms with Crippen molar-refractivity contribution in [3.05, 3.63) is 0 Å². The molecule has 1 fully saturated rings. The summed E-state index contributed by atoms with van der Waals surface area (Å²) in [6.07, 6.45) is 0.861. The van der Waals surface area contributed by atoms with Gasteiger partial charge in [0.2, 0.25) is 11.8 Å². The van der Waals surface area contributed by atoms with Crippen LogP contribution in [0.25, 0.3) is 0 Å². The van der Waals surface area contributed by atoms with Gasteiger partial charge in [-0.15, -0.1) is 0 Å². The van der Waals surface area contributed by atoms with Gasteiger partial charge in [0.05, 0.1) is 12.5 Å². The average molecular weight is 185 g/mol. The Morgan fingerprint density at radius 1 is 1.54 bits per heavy atom. The number of amides is 2. The van der Waals surface area contributed by atoms with Gasteiger partial charge in [0.1, 0.15) is 0 Å². The minimum atomic E-state index is -0.167. The van der Waals surface area contributed by atoms with E-state index < -0.39 is 0 Å². The van der Waals surface area contributed by atoms with Crippen LogP contribution in [0.3, 0.4) is 0 Å². The summed E-state index contributed by atoms with van der Waals surface area (Å²) in [6, 6.07) is 0. The SMILES string of the molecule is CNC(=O)CNC(=O)C1CCNC1. The molecule has 74 valence electrons. The molecule has 3 N–H and O–H groups in total. The molecule has 1 atom stereocenters. The van der Waals surface area contributed by atoms with Gasteiger partial charge in [0.15, 0.2) is 0 Å². The summed E-state index contributed by atoms with van der Waals surface area (Å²) in [5, 5.41) is 8.12. The fraction of sp³-hybridized carbons (Fsp3) is 0.750. The topological polar surface area (TPSA) is 70.2 Å². The average Bonchev–Trinajstić information content (AvgIpc) is 2.66. The highest BCUT2D eigenvalue weighted by Gasteiger charge is 2.22. The van der Waals surface area contributed by atoms with Crippen LogP contribution in [0.15, 0.2) is 0 Å². The molecule has 0 aromatic rings. The number of rotatable bonds is 3. The summed E-state index contributed by atoms with van der Waals surface area (Å²) < 4.78 is 0. The molecule has 1 heterocycles. The van der Waals surface area contributed by atoms with Crippen LogP contribution in [0.2, 0.25) is 0 Å². The van der Waals surface area contributed by atoms with Crippen molar-refractivity contribution in [3.63, 3.8) is 0 Å². The van der Waals surface area contributed by atoms with E-state index in [2.05, 4.69) is 16.0 Å². The quantitative estimate of drug-likeness (QED) is 0.499. The van der Waals surface area contributed by atoms with E-state index in [1.54, 1.807) is 7.05 Å². The Labute approximate surface area is 77.3 Å². The number of carbonyl (C=O) groups excluding carboxylic acids is 2. The molecule has 2 amide bonds. The molecule has 1 aliphatic rings. The second-order valence-corrected chi connectivity index (χ2v) is 3.08. The van der Waals surface area contributed by atoms with Gasteiger partial charge in [-0.25, -0.2) is 0 Å². The van der Waals surface area contributed by atoms with Crippen molar-refractivity contribution in [2.45, 2.75) is 6.42 Å². The van der Waals surface area contributed by atoms with Crippen molar-refractivity contribution in [3.8, 4) is 0 Å². The van der Waals surface area contributed by atoms with Crippen LogP contribution in [-0.2, 0) is 9.59 Å². The third-order valence-corrected chi connectivity index (χ3v) is 2.13. The smallest absolute Gasteiger partial charge is 0.239 e. The van der Waals surface area contributed by atoms with Gasteiger partial charge in [-0.2, -0.15) is 0 Å². The molecule has 5 nitrogen and oxygen atoms in total. The summed E-state index contributed by atoms with van der Waals surface area (Å²) in [6.45, 7) is 1.68. The fourth-order valence-electron chi connectivity index (χ4n) is 1.28. The van der Waals surface area contributed by atoms with E-state index in [9.17, 15) is 9.59 Å². The number of carbonyl (C=O) groups is 2. The highest BCUT2D eigenvalue weighted by atomic mass is 16.2. The number of likely N-dealkylation sites (N-methyl/N-ethyl adjacent to an activating group) is 1. The number of hydrogen-bond acceptors (Lipinski definition) is 3. The molecule has 0 spiro atoms. The van der Waals surface area contributed by atoms with Crippen molar-refractivity contribution < 1.29 is 9.59 Å². The summed E-state index contributed by atoms with van der Waals surface area (Å²) in [4.78, 5) is 22.1. The molecule has 0 bridgehead atoms. The molecule has 0 radical (unpaired) electrons. The maximum Gasteiger partial charge on any atom is 0.239 e. The first kappa shape index (κ1) is 9.98. The molecule has 1 saturated heterocycles. The molecule has 0 aromatic heterocycles. The van der Waals surface area contributed by atoms with Crippen LogP contribution in [-0.4, -0.2) is 38.5 Å². The van der Waals surface area contributed by atoms with Crippen LogP contribution in [0.1, 0.15) is 6.42 Å². The molecular weight excluding hydrogens is 170 g/mol. The van der Waals surface area contributed by atoms with Gasteiger partial charge in [-0.3, -0.25) is 9.59 Å². The Kier molecular flexibility index (Phi) is 3.70. The van der Waals surface area contributed by atoms with Gasteiger partial charge in [-0.1, -0.05) is 0 Å². The first-order chi connectivity index (χ1) is 6.24. The van der Waals surface area contributed by atoms with E-state index in [-0.39, 0.29) is 24.3 Å². The molecule has 0 aliphatic carbocycles. The van der Waals surface area contributed by atoms with Crippen LogP contribution in [0.5, 0.6) is 0 Å². The second-order valence-electron chi connectivity index (χ2n) is 3.08. The van der Waals surface area contributed by atoms with E-state index in [1.807, 2.05) is 0 Å². The summed E-state index contributed by atoms with van der Waals surface area (Å²) >= 11 is 0. The zero-order chi connectivity index (χ0) is 9.68. The third kappa shape index (κ3) is 3.02. The Morgan fingerprint density at radius 2 is 2.31 bits per heavy atom. The monoisotopic (exact) mass is 185 g/mol. The standard InChI is InChI=1S/C8H15N3O2/c1-9-7(12)5-11-8(13)6-2-3-10-4-6/h6,10H,2-5H2,1H3,(H,9,12)(H,11,13). The van der Waals surface area contributed by atoms with Gasteiger partial charge in [0, 0.05) is 13.6 Å². The lowest BCUT2D eigenvalue weighted by molar-refractivity contribution is -0.128. The maximum absolute atomic E-state index is 11.3. The highest BCUT2D eigenvalue weighted by Crippen LogP contribution is 2.06. The summed E-state index contributed by atoms with van der Waals surface area (Å²) in [5.74, 6) is -0.169. The zero-order valence-electron chi connectivity index (χ0n) is 7.72. The van der Waals surface area contributed by atoms with Crippen molar-refractivity contribution in [1.29, 1.82) is 0 Å². The van der Waals surface area contributed by atoms with Crippen LogP contribution < -0.4 is 16.0 Å². The first-order valence-corrected chi connectivity index (χ1v) is 4.43. The molecule has 1 aliphatic heterocycles. The lowest BCUT2D eigenvalue weighted by Crippen LogP contribution is -2.38. The minimum Gasteiger partial charge on any atom is -0.358 e. The molecule has 0 aromatic carbocycles. The van der Waals surface area contributed by atoms with Crippen molar-refractivity contribution >= 4 is 11.8 Å². The third-order valence-electron chi connectivity index (χ3n) is 2.13. The fourth-order valence-corrected chi connectivity index (χ4v) is 1.28. The predicted octanol–water partition coefficient (Wildman–Crippen LogP) is -1.54. The van der Waals surface area contributed by atoms with Gasteiger partial charge in [-0.05, 0) is 13.0 Å². The van der Waals surface area contributed by atoms with Crippen LogP contribution in [0, 0.1) is 5.92 Å².